The number of benzene rings is 1. The van der Waals surface area contributed by atoms with Crippen LogP contribution in [0.5, 0.6) is 17.2 Å². The Kier molecular flexibility index (Phi) is 4.22. The van der Waals surface area contributed by atoms with Gasteiger partial charge in [0.25, 0.3) is 0 Å². The fourth-order valence-corrected chi connectivity index (χ4v) is 2.23. The highest BCUT2D eigenvalue weighted by Crippen LogP contribution is 2.45. The molecule has 0 heterocycles. The van der Waals surface area contributed by atoms with Crippen molar-refractivity contribution < 1.29 is 24.5 Å². The maximum Gasteiger partial charge on any atom is 0.310 e. The number of ether oxygens (including phenoxy) is 2. The number of carboxylic acid groups (broad SMARTS) is 1. The molecule has 1 atom stereocenters. The van der Waals surface area contributed by atoms with E-state index in [0.29, 0.717) is 10.2 Å². The van der Waals surface area contributed by atoms with Crippen LogP contribution in [0, 0.1) is 0 Å². The van der Waals surface area contributed by atoms with E-state index in [4.69, 9.17) is 14.6 Å². The Balaban J connectivity index is 3.47. The Morgan fingerprint density at radius 2 is 2.00 bits per heavy atom. The van der Waals surface area contributed by atoms with Crippen molar-refractivity contribution in [2.45, 2.75) is 12.8 Å². The standard InChI is InChI=1S/C11H13BrO5/c1-5(11(14)15)8-6(12)4-7(16-2)10(17-3)9(8)13/h4-5,13H,1-3H3,(H,14,15). The van der Waals surface area contributed by atoms with Crippen LogP contribution in [0.3, 0.4) is 0 Å². The summed E-state index contributed by atoms with van der Waals surface area (Å²) in [5.41, 5.74) is 0.259. The highest BCUT2D eigenvalue weighted by atomic mass is 79.9. The Labute approximate surface area is 107 Å². The minimum atomic E-state index is -1.03. The summed E-state index contributed by atoms with van der Waals surface area (Å²) in [6.07, 6.45) is 0. The molecule has 1 unspecified atom stereocenters. The van der Waals surface area contributed by atoms with Crippen molar-refractivity contribution in [3.8, 4) is 17.2 Å². The normalized spacial score (nSPS) is 12.0. The molecule has 0 aliphatic rings. The first-order chi connectivity index (χ1) is 7.93. The van der Waals surface area contributed by atoms with Crippen molar-refractivity contribution >= 4 is 21.9 Å². The second-order valence-corrected chi connectivity index (χ2v) is 4.27. The number of phenolic OH excluding ortho intramolecular Hbond substituents is 1. The Morgan fingerprint density at radius 3 is 2.41 bits per heavy atom. The molecule has 0 aliphatic carbocycles. The third-order valence-corrected chi connectivity index (χ3v) is 3.09. The smallest absolute Gasteiger partial charge is 0.310 e. The number of hydrogen-bond donors (Lipinski definition) is 2. The van der Waals surface area contributed by atoms with E-state index in [1.54, 1.807) is 6.07 Å². The molecule has 0 bridgehead atoms. The lowest BCUT2D eigenvalue weighted by atomic mass is 9.99. The highest BCUT2D eigenvalue weighted by molar-refractivity contribution is 9.10. The van der Waals surface area contributed by atoms with Gasteiger partial charge in [-0.05, 0) is 13.0 Å². The molecular formula is C11H13BrO5. The van der Waals surface area contributed by atoms with E-state index in [9.17, 15) is 9.90 Å². The van der Waals surface area contributed by atoms with Crippen LogP contribution < -0.4 is 9.47 Å². The second-order valence-electron chi connectivity index (χ2n) is 3.42. The number of aromatic hydroxyl groups is 1. The number of rotatable bonds is 4. The lowest BCUT2D eigenvalue weighted by Crippen LogP contribution is -2.09. The van der Waals surface area contributed by atoms with Crippen molar-refractivity contribution in [3.63, 3.8) is 0 Å². The van der Waals surface area contributed by atoms with Crippen LogP contribution in [-0.2, 0) is 4.79 Å². The largest absolute Gasteiger partial charge is 0.504 e. The quantitative estimate of drug-likeness (QED) is 0.893. The van der Waals surface area contributed by atoms with E-state index in [-0.39, 0.29) is 17.1 Å². The maximum absolute atomic E-state index is 11.0. The summed E-state index contributed by atoms with van der Waals surface area (Å²) in [4.78, 5) is 11.0. The molecule has 1 aromatic carbocycles. The number of hydrogen-bond acceptors (Lipinski definition) is 4. The zero-order valence-corrected chi connectivity index (χ0v) is 11.2. The second kappa shape index (κ2) is 5.27. The van der Waals surface area contributed by atoms with E-state index in [0.717, 1.165) is 0 Å². The van der Waals surface area contributed by atoms with E-state index in [2.05, 4.69) is 15.9 Å². The van der Waals surface area contributed by atoms with Gasteiger partial charge < -0.3 is 19.7 Å². The summed E-state index contributed by atoms with van der Waals surface area (Å²) in [5.74, 6) is -1.66. The summed E-state index contributed by atoms with van der Waals surface area (Å²) in [5, 5.41) is 19.0. The first-order valence-electron chi connectivity index (χ1n) is 4.80. The van der Waals surface area contributed by atoms with Gasteiger partial charge in [-0.25, -0.2) is 0 Å². The molecule has 5 nitrogen and oxygen atoms in total. The van der Waals surface area contributed by atoms with E-state index in [1.165, 1.54) is 21.1 Å². The summed E-state index contributed by atoms with van der Waals surface area (Å²) in [7, 11) is 2.81. The predicted octanol–water partition coefficient (Wildman–Crippen LogP) is 2.36. The van der Waals surface area contributed by atoms with Crippen LogP contribution in [0.1, 0.15) is 18.4 Å². The molecule has 1 aromatic rings. The average Bonchev–Trinajstić information content (AvgIpc) is 2.27. The Morgan fingerprint density at radius 1 is 1.41 bits per heavy atom. The minimum Gasteiger partial charge on any atom is -0.504 e. The van der Waals surface area contributed by atoms with E-state index >= 15 is 0 Å². The molecule has 2 N–H and O–H groups in total. The SMILES string of the molecule is COc1cc(Br)c(C(C)C(=O)O)c(O)c1OC. The van der Waals surface area contributed by atoms with Crippen LogP contribution in [0.15, 0.2) is 10.5 Å². The zero-order valence-electron chi connectivity index (χ0n) is 9.65. The molecule has 17 heavy (non-hydrogen) atoms. The first-order valence-corrected chi connectivity index (χ1v) is 5.59. The Bertz CT molecular complexity index is 444. The van der Waals surface area contributed by atoms with Gasteiger partial charge in [-0.3, -0.25) is 4.79 Å². The van der Waals surface area contributed by atoms with Gasteiger partial charge in [-0.2, -0.15) is 0 Å². The van der Waals surface area contributed by atoms with E-state index < -0.39 is 11.9 Å². The number of phenols is 1. The van der Waals surface area contributed by atoms with Gasteiger partial charge in [0.1, 0.15) is 0 Å². The molecule has 1 rings (SSSR count). The van der Waals surface area contributed by atoms with Crippen molar-refractivity contribution in [2.24, 2.45) is 0 Å². The molecule has 0 saturated heterocycles. The Hall–Kier alpha value is -1.43. The number of carboxylic acids is 1. The van der Waals surface area contributed by atoms with Crippen molar-refractivity contribution in [3.05, 3.63) is 16.1 Å². The molecular weight excluding hydrogens is 292 g/mol. The van der Waals surface area contributed by atoms with Crippen LogP contribution in [0.2, 0.25) is 0 Å². The zero-order chi connectivity index (χ0) is 13.2. The van der Waals surface area contributed by atoms with Crippen molar-refractivity contribution in [1.29, 1.82) is 0 Å². The van der Waals surface area contributed by atoms with Gasteiger partial charge in [-0.15, -0.1) is 0 Å². The summed E-state index contributed by atoms with van der Waals surface area (Å²) >= 11 is 3.21. The number of carbonyl (C=O) groups is 1. The monoisotopic (exact) mass is 304 g/mol. The molecule has 0 amide bonds. The third-order valence-electron chi connectivity index (χ3n) is 2.44. The number of halogens is 1. The maximum atomic E-state index is 11.0. The molecule has 0 saturated carbocycles. The van der Waals surface area contributed by atoms with Gasteiger partial charge in [0.2, 0.25) is 5.75 Å². The molecule has 0 radical (unpaired) electrons. The third kappa shape index (κ3) is 2.46. The van der Waals surface area contributed by atoms with Gasteiger partial charge >= 0.3 is 5.97 Å². The summed E-state index contributed by atoms with van der Waals surface area (Å²) in [6, 6.07) is 1.56. The molecule has 0 fully saturated rings. The van der Waals surface area contributed by atoms with Crippen LogP contribution in [-0.4, -0.2) is 30.4 Å². The molecule has 0 aliphatic heterocycles. The highest BCUT2D eigenvalue weighted by Gasteiger charge is 2.25. The van der Waals surface area contributed by atoms with Crippen molar-refractivity contribution in [1.82, 2.24) is 0 Å². The predicted molar refractivity (Wildman–Crippen MR) is 65.0 cm³/mol. The lowest BCUT2D eigenvalue weighted by molar-refractivity contribution is -0.138. The number of methoxy groups -OCH3 is 2. The fraction of sp³-hybridized carbons (Fsp3) is 0.364. The average molecular weight is 305 g/mol. The fourth-order valence-electron chi connectivity index (χ4n) is 1.49. The van der Waals surface area contributed by atoms with Crippen LogP contribution in [0.4, 0.5) is 0 Å². The van der Waals surface area contributed by atoms with Gasteiger partial charge in [0, 0.05) is 10.0 Å². The van der Waals surface area contributed by atoms with E-state index in [1.807, 2.05) is 0 Å². The van der Waals surface area contributed by atoms with Crippen LogP contribution >= 0.6 is 15.9 Å². The van der Waals surface area contributed by atoms with Crippen LogP contribution in [0.25, 0.3) is 0 Å². The summed E-state index contributed by atoms with van der Waals surface area (Å²) < 4.78 is 10.5. The molecule has 0 spiro atoms. The minimum absolute atomic E-state index is 0.124. The van der Waals surface area contributed by atoms with Gasteiger partial charge in [-0.1, -0.05) is 15.9 Å². The van der Waals surface area contributed by atoms with Gasteiger partial charge in [0.05, 0.1) is 20.1 Å². The summed E-state index contributed by atoms with van der Waals surface area (Å²) in [6.45, 7) is 1.48. The lowest BCUT2D eigenvalue weighted by Gasteiger charge is -2.16. The molecule has 94 valence electrons. The van der Waals surface area contributed by atoms with Gasteiger partial charge in [0.15, 0.2) is 11.5 Å². The molecule has 0 aromatic heterocycles. The molecule has 6 heteroatoms. The number of aliphatic carboxylic acids is 1. The van der Waals surface area contributed by atoms with Crippen molar-refractivity contribution in [2.75, 3.05) is 14.2 Å². The topological polar surface area (TPSA) is 76.0 Å². The first kappa shape index (κ1) is 13.6.